The molecule has 0 saturated heterocycles. The first-order valence-electron chi connectivity index (χ1n) is 4.30. The van der Waals surface area contributed by atoms with Crippen LogP contribution >= 0.6 is 0 Å². The van der Waals surface area contributed by atoms with E-state index in [4.69, 9.17) is 10.8 Å². The second kappa shape index (κ2) is 5.64. The monoisotopic (exact) mass is 181 g/mol. The Bertz CT molecular complexity index is 228. The number of aliphatic hydroxyl groups is 1. The lowest BCUT2D eigenvalue weighted by Crippen LogP contribution is -2.32. The van der Waals surface area contributed by atoms with Gasteiger partial charge in [-0.15, -0.1) is 0 Å². The van der Waals surface area contributed by atoms with Gasteiger partial charge in [0.05, 0.1) is 6.10 Å². The van der Waals surface area contributed by atoms with E-state index in [1.54, 1.807) is 12.4 Å². The predicted octanol–water partition coefficient (Wildman–Crippen LogP) is -0.509. The van der Waals surface area contributed by atoms with Crippen molar-refractivity contribution >= 4 is 0 Å². The lowest BCUT2D eigenvalue weighted by Gasteiger charge is -2.08. The third kappa shape index (κ3) is 3.98. The number of rotatable bonds is 5. The minimum Gasteiger partial charge on any atom is -0.390 e. The zero-order chi connectivity index (χ0) is 9.52. The molecule has 1 aromatic heterocycles. The minimum atomic E-state index is -0.457. The van der Waals surface area contributed by atoms with Crippen LogP contribution in [0.25, 0.3) is 0 Å². The molecule has 0 spiro atoms. The van der Waals surface area contributed by atoms with Crippen LogP contribution in [-0.2, 0) is 6.54 Å². The summed E-state index contributed by atoms with van der Waals surface area (Å²) in [6.07, 6.45) is 3.04. The molecule has 4 N–H and O–H groups in total. The summed E-state index contributed by atoms with van der Waals surface area (Å²) in [5.74, 6) is 0. The Morgan fingerprint density at radius 2 is 2.15 bits per heavy atom. The van der Waals surface area contributed by atoms with E-state index in [9.17, 15) is 0 Å². The molecule has 72 valence electrons. The fourth-order valence-electron chi connectivity index (χ4n) is 0.967. The van der Waals surface area contributed by atoms with Gasteiger partial charge in [0.1, 0.15) is 0 Å². The van der Waals surface area contributed by atoms with Crippen LogP contribution < -0.4 is 11.1 Å². The summed E-state index contributed by atoms with van der Waals surface area (Å²) in [4.78, 5) is 3.91. The molecule has 0 bridgehead atoms. The topological polar surface area (TPSA) is 71.2 Å². The van der Waals surface area contributed by atoms with E-state index in [2.05, 4.69) is 10.3 Å². The number of nitrogens with zero attached hydrogens (tertiary/aromatic N) is 1. The Morgan fingerprint density at radius 3 is 2.77 bits per heavy atom. The average Bonchev–Trinajstić information content (AvgIpc) is 2.19. The van der Waals surface area contributed by atoms with Crippen molar-refractivity contribution in [3.63, 3.8) is 0 Å². The highest BCUT2D eigenvalue weighted by atomic mass is 16.3. The van der Waals surface area contributed by atoms with Gasteiger partial charge in [0, 0.05) is 32.0 Å². The lowest BCUT2D eigenvalue weighted by atomic mass is 10.2. The second-order valence-electron chi connectivity index (χ2n) is 2.88. The highest BCUT2D eigenvalue weighted by molar-refractivity contribution is 5.08. The molecule has 0 radical (unpaired) electrons. The molecular weight excluding hydrogens is 166 g/mol. The summed E-state index contributed by atoms with van der Waals surface area (Å²) >= 11 is 0. The molecule has 0 aliphatic heterocycles. The maximum Gasteiger partial charge on any atom is 0.0786 e. The third-order valence-corrected chi connectivity index (χ3v) is 1.73. The van der Waals surface area contributed by atoms with Gasteiger partial charge in [-0.1, -0.05) is 0 Å². The Hall–Kier alpha value is -0.970. The van der Waals surface area contributed by atoms with Crippen LogP contribution in [0, 0.1) is 0 Å². The Balaban J connectivity index is 2.20. The molecule has 13 heavy (non-hydrogen) atoms. The fraction of sp³-hybridized carbons (Fsp3) is 0.444. The first kappa shape index (κ1) is 10.1. The number of hydrogen-bond acceptors (Lipinski definition) is 4. The Kier molecular flexibility index (Phi) is 4.39. The standard InChI is InChI=1S/C9H15N3O/c10-5-9(13)7-12-6-8-1-3-11-4-2-8/h1-4,9,12-13H,5-7,10H2. The molecule has 1 atom stereocenters. The summed E-state index contributed by atoms with van der Waals surface area (Å²) in [6, 6.07) is 3.86. The van der Waals surface area contributed by atoms with Gasteiger partial charge in [0.15, 0.2) is 0 Å². The number of hydrogen-bond donors (Lipinski definition) is 3. The molecular formula is C9H15N3O. The first-order valence-corrected chi connectivity index (χ1v) is 4.30. The minimum absolute atomic E-state index is 0.295. The van der Waals surface area contributed by atoms with Crippen LogP contribution in [0.15, 0.2) is 24.5 Å². The van der Waals surface area contributed by atoms with Crippen molar-refractivity contribution in [1.82, 2.24) is 10.3 Å². The van der Waals surface area contributed by atoms with Crippen molar-refractivity contribution in [3.05, 3.63) is 30.1 Å². The van der Waals surface area contributed by atoms with Crippen molar-refractivity contribution in [2.24, 2.45) is 5.73 Å². The van der Waals surface area contributed by atoms with Crippen LogP contribution in [0.4, 0.5) is 0 Å². The number of nitrogens with one attached hydrogen (secondary N) is 1. The summed E-state index contributed by atoms with van der Waals surface area (Å²) in [7, 11) is 0. The molecule has 0 amide bonds. The van der Waals surface area contributed by atoms with Crippen LogP contribution in [0.2, 0.25) is 0 Å². The van der Waals surface area contributed by atoms with Crippen molar-refractivity contribution in [2.45, 2.75) is 12.6 Å². The summed E-state index contributed by atoms with van der Waals surface area (Å²) in [5.41, 5.74) is 6.40. The molecule has 1 heterocycles. The van der Waals surface area contributed by atoms with E-state index < -0.39 is 6.10 Å². The van der Waals surface area contributed by atoms with E-state index in [-0.39, 0.29) is 0 Å². The van der Waals surface area contributed by atoms with Crippen LogP contribution in [-0.4, -0.2) is 29.3 Å². The van der Waals surface area contributed by atoms with E-state index >= 15 is 0 Å². The molecule has 4 heteroatoms. The molecule has 1 aromatic rings. The number of aliphatic hydroxyl groups excluding tert-OH is 1. The summed E-state index contributed by atoms with van der Waals surface area (Å²) in [5, 5.41) is 12.2. The third-order valence-electron chi connectivity index (χ3n) is 1.73. The van der Waals surface area contributed by atoms with Crippen molar-refractivity contribution in [1.29, 1.82) is 0 Å². The SMILES string of the molecule is NCC(O)CNCc1ccncc1. The summed E-state index contributed by atoms with van der Waals surface area (Å²) in [6.45, 7) is 1.56. The number of pyridine rings is 1. The van der Waals surface area contributed by atoms with Crippen LogP contribution in [0.1, 0.15) is 5.56 Å². The zero-order valence-electron chi connectivity index (χ0n) is 7.48. The molecule has 4 nitrogen and oxygen atoms in total. The van der Waals surface area contributed by atoms with Gasteiger partial charge in [0.2, 0.25) is 0 Å². The van der Waals surface area contributed by atoms with Crippen molar-refractivity contribution in [2.75, 3.05) is 13.1 Å². The quantitative estimate of drug-likeness (QED) is 0.572. The molecule has 0 aliphatic carbocycles. The largest absolute Gasteiger partial charge is 0.390 e. The van der Waals surface area contributed by atoms with Gasteiger partial charge in [-0.3, -0.25) is 4.98 Å². The first-order chi connectivity index (χ1) is 6.33. The molecule has 0 fully saturated rings. The van der Waals surface area contributed by atoms with E-state index in [1.165, 1.54) is 0 Å². The lowest BCUT2D eigenvalue weighted by molar-refractivity contribution is 0.179. The molecule has 0 saturated carbocycles. The van der Waals surface area contributed by atoms with E-state index in [1.807, 2.05) is 12.1 Å². The van der Waals surface area contributed by atoms with Crippen molar-refractivity contribution in [3.8, 4) is 0 Å². The van der Waals surface area contributed by atoms with E-state index in [0.29, 0.717) is 13.1 Å². The van der Waals surface area contributed by atoms with Gasteiger partial charge >= 0.3 is 0 Å². The van der Waals surface area contributed by atoms with E-state index in [0.717, 1.165) is 12.1 Å². The number of nitrogens with two attached hydrogens (primary N) is 1. The fourth-order valence-corrected chi connectivity index (χ4v) is 0.967. The predicted molar refractivity (Wildman–Crippen MR) is 51.0 cm³/mol. The maximum atomic E-state index is 9.14. The van der Waals surface area contributed by atoms with Crippen LogP contribution in [0.3, 0.4) is 0 Å². The number of aromatic nitrogens is 1. The van der Waals surface area contributed by atoms with Gasteiger partial charge in [-0.25, -0.2) is 0 Å². The van der Waals surface area contributed by atoms with Gasteiger partial charge in [-0.2, -0.15) is 0 Å². The zero-order valence-corrected chi connectivity index (χ0v) is 7.48. The van der Waals surface area contributed by atoms with Crippen molar-refractivity contribution < 1.29 is 5.11 Å². The molecule has 0 aromatic carbocycles. The average molecular weight is 181 g/mol. The van der Waals surface area contributed by atoms with Crippen LogP contribution in [0.5, 0.6) is 0 Å². The van der Waals surface area contributed by atoms with Gasteiger partial charge in [-0.05, 0) is 17.7 Å². The van der Waals surface area contributed by atoms with Gasteiger partial charge < -0.3 is 16.2 Å². The normalized spacial score (nSPS) is 12.8. The Labute approximate surface area is 77.8 Å². The molecule has 0 aliphatic rings. The highest BCUT2D eigenvalue weighted by Gasteiger charge is 1.98. The molecule has 1 unspecified atom stereocenters. The molecule has 1 rings (SSSR count). The Morgan fingerprint density at radius 1 is 1.46 bits per heavy atom. The smallest absolute Gasteiger partial charge is 0.0786 e. The highest BCUT2D eigenvalue weighted by Crippen LogP contribution is 1.94. The van der Waals surface area contributed by atoms with Gasteiger partial charge in [0.25, 0.3) is 0 Å². The maximum absolute atomic E-state index is 9.14. The second-order valence-corrected chi connectivity index (χ2v) is 2.88. The summed E-state index contributed by atoms with van der Waals surface area (Å²) < 4.78 is 0.